The van der Waals surface area contributed by atoms with Gasteiger partial charge in [-0.1, -0.05) is 66.7 Å². The second-order valence-corrected chi connectivity index (χ2v) is 5.77. The fourth-order valence-electron chi connectivity index (χ4n) is 2.72. The topological polar surface area (TPSA) is 38.7 Å². The fraction of sp³-hybridized carbons (Fsp3) is 0.238. The molecular weight excluding hydrogens is 300 g/mol. The maximum atomic E-state index is 10.0. The quantitative estimate of drug-likeness (QED) is 0.651. The Kier molecular flexibility index (Phi) is 5.47. The van der Waals surface area contributed by atoms with Crippen LogP contribution in [-0.2, 0) is 11.3 Å². The second-order valence-electron chi connectivity index (χ2n) is 5.77. The SMILES string of the molecule is C[C@@H](O)c1ccc2ccccc2c1OCCOCc1ccccc1. The highest BCUT2D eigenvalue weighted by molar-refractivity contribution is 5.89. The number of rotatable bonds is 7. The van der Waals surface area contributed by atoms with Crippen LogP contribution in [0.15, 0.2) is 66.7 Å². The maximum absolute atomic E-state index is 10.0. The van der Waals surface area contributed by atoms with Gasteiger partial charge in [0.05, 0.1) is 19.3 Å². The van der Waals surface area contributed by atoms with Gasteiger partial charge in [-0.3, -0.25) is 0 Å². The summed E-state index contributed by atoms with van der Waals surface area (Å²) in [6, 6.07) is 22.0. The lowest BCUT2D eigenvalue weighted by atomic mass is 10.0. The van der Waals surface area contributed by atoms with Crippen molar-refractivity contribution in [3.05, 3.63) is 77.9 Å². The van der Waals surface area contributed by atoms with E-state index in [0.29, 0.717) is 19.8 Å². The first kappa shape index (κ1) is 16.5. The van der Waals surface area contributed by atoms with Crippen LogP contribution >= 0.6 is 0 Å². The van der Waals surface area contributed by atoms with Gasteiger partial charge in [-0.15, -0.1) is 0 Å². The first-order chi connectivity index (χ1) is 11.8. The summed E-state index contributed by atoms with van der Waals surface area (Å²) in [4.78, 5) is 0. The summed E-state index contributed by atoms with van der Waals surface area (Å²) in [5.74, 6) is 0.742. The third-order valence-corrected chi connectivity index (χ3v) is 3.95. The standard InChI is InChI=1S/C21H22O3/c1-16(22)19-12-11-18-9-5-6-10-20(18)21(19)24-14-13-23-15-17-7-3-2-4-8-17/h2-12,16,22H,13-15H2,1H3/t16-/m1/s1. The van der Waals surface area contributed by atoms with Gasteiger partial charge in [0.1, 0.15) is 12.4 Å². The van der Waals surface area contributed by atoms with Crippen molar-refractivity contribution in [2.24, 2.45) is 0 Å². The zero-order chi connectivity index (χ0) is 16.8. The smallest absolute Gasteiger partial charge is 0.133 e. The summed E-state index contributed by atoms with van der Waals surface area (Å²) >= 11 is 0. The molecule has 3 nitrogen and oxygen atoms in total. The van der Waals surface area contributed by atoms with Gasteiger partial charge in [0, 0.05) is 10.9 Å². The number of ether oxygens (including phenoxy) is 2. The van der Waals surface area contributed by atoms with Gasteiger partial charge in [0.15, 0.2) is 0 Å². The van der Waals surface area contributed by atoms with Gasteiger partial charge in [-0.2, -0.15) is 0 Å². The number of aliphatic hydroxyl groups excluding tert-OH is 1. The Labute approximate surface area is 142 Å². The van der Waals surface area contributed by atoms with Crippen LogP contribution in [0.1, 0.15) is 24.2 Å². The minimum absolute atomic E-state index is 0.445. The zero-order valence-corrected chi connectivity index (χ0v) is 13.8. The summed E-state index contributed by atoms with van der Waals surface area (Å²) in [7, 11) is 0. The van der Waals surface area contributed by atoms with Gasteiger partial charge >= 0.3 is 0 Å². The van der Waals surface area contributed by atoms with E-state index in [-0.39, 0.29) is 0 Å². The molecule has 1 atom stereocenters. The lowest BCUT2D eigenvalue weighted by Crippen LogP contribution is -2.09. The monoisotopic (exact) mass is 322 g/mol. The average molecular weight is 322 g/mol. The van der Waals surface area contributed by atoms with Crippen molar-refractivity contribution < 1.29 is 14.6 Å². The normalized spacial score (nSPS) is 12.2. The largest absolute Gasteiger partial charge is 0.490 e. The number of fused-ring (bicyclic) bond motifs is 1. The van der Waals surface area contributed by atoms with Crippen molar-refractivity contribution in [3.8, 4) is 5.75 Å². The predicted octanol–water partition coefficient (Wildman–Crippen LogP) is 4.49. The van der Waals surface area contributed by atoms with Crippen LogP contribution in [0.2, 0.25) is 0 Å². The third kappa shape index (κ3) is 3.94. The number of hydrogen-bond acceptors (Lipinski definition) is 3. The van der Waals surface area contributed by atoms with Crippen molar-refractivity contribution >= 4 is 10.8 Å². The van der Waals surface area contributed by atoms with Gasteiger partial charge in [0.25, 0.3) is 0 Å². The lowest BCUT2D eigenvalue weighted by Gasteiger charge is -2.16. The molecule has 3 rings (SSSR count). The van der Waals surface area contributed by atoms with Crippen molar-refractivity contribution in [3.63, 3.8) is 0 Å². The molecule has 0 fully saturated rings. The zero-order valence-electron chi connectivity index (χ0n) is 13.8. The Morgan fingerprint density at radius 2 is 1.62 bits per heavy atom. The highest BCUT2D eigenvalue weighted by atomic mass is 16.5. The minimum atomic E-state index is -0.574. The molecule has 0 saturated carbocycles. The Balaban J connectivity index is 1.64. The molecule has 0 aromatic heterocycles. The predicted molar refractivity (Wildman–Crippen MR) is 96.2 cm³/mol. The summed E-state index contributed by atoms with van der Waals surface area (Å²) < 4.78 is 11.6. The van der Waals surface area contributed by atoms with E-state index < -0.39 is 6.10 Å². The molecule has 1 N–H and O–H groups in total. The Hall–Kier alpha value is -2.36. The molecule has 0 spiro atoms. The third-order valence-electron chi connectivity index (χ3n) is 3.95. The van der Waals surface area contributed by atoms with Crippen LogP contribution in [-0.4, -0.2) is 18.3 Å². The minimum Gasteiger partial charge on any atom is -0.490 e. The molecule has 3 heteroatoms. The van der Waals surface area contributed by atoms with Crippen LogP contribution in [0.5, 0.6) is 5.75 Å². The summed E-state index contributed by atoms with van der Waals surface area (Å²) in [6.45, 7) is 3.27. The van der Waals surface area contributed by atoms with E-state index in [1.165, 1.54) is 0 Å². The van der Waals surface area contributed by atoms with Crippen LogP contribution in [0.25, 0.3) is 10.8 Å². The van der Waals surface area contributed by atoms with Crippen molar-refractivity contribution in [1.82, 2.24) is 0 Å². The molecular formula is C21H22O3. The maximum Gasteiger partial charge on any atom is 0.133 e. The fourth-order valence-corrected chi connectivity index (χ4v) is 2.72. The number of benzene rings is 3. The average Bonchev–Trinajstić information content (AvgIpc) is 2.62. The second kappa shape index (κ2) is 7.95. The van der Waals surface area contributed by atoms with E-state index in [9.17, 15) is 5.11 Å². The summed E-state index contributed by atoms with van der Waals surface area (Å²) in [6.07, 6.45) is -0.574. The summed E-state index contributed by atoms with van der Waals surface area (Å²) in [5.41, 5.74) is 1.95. The van der Waals surface area contributed by atoms with Crippen LogP contribution in [0.3, 0.4) is 0 Å². The lowest BCUT2D eigenvalue weighted by molar-refractivity contribution is 0.0878. The molecule has 0 aliphatic rings. The van der Waals surface area contributed by atoms with Gasteiger partial charge in [-0.05, 0) is 17.9 Å². The molecule has 124 valence electrons. The molecule has 3 aromatic rings. The van der Waals surface area contributed by atoms with E-state index in [1.807, 2.05) is 66.7 Å². The molecule has 24 heavy (non-hydrogen) atoms. The molecule has 0 bridgehead atoms. The van der Waals surface area contributed by atoms with E-state index in [4.69, 9.17) is 9.47 Å². The number of hydrogen-bond donors (Lipinski definition) is 1. The van der Waals surface area contributed by atoms with E-state index >= 15 is 0 Å². The Bertz CT molecular complexity index is 781. The van der Waals surface area contributed by atoms with E-state index in [1.54, 1.807) is 6.92 Å². The highest BCUT2D eigenvalue weighted by Crippen LogP contribution is 2.33. The number of aliphatic hydroxyl groups is 1. The van der Waals surface area contributed by atoms with Crippen LogP contribution in [0, 0.1) is 0 Å². The molecule has 3 aromatic carbocycles. The first-order valence-corrected chi connectivity index (χ1v) is 8.20. The molecule has 0 heterocycles. The van der Waals surface area contributed by atoms with Gasteiger partial charge in [-0.25, -0.2) is 0 Å². The molecule has 0 saturated heterocycles. The molecule has 0 aliphatic carbocycles. The van der Waals surface area contributed by atoms with E-state index in [2.05, 4.69) is 0 Å². The molecule has 0 aliphatic heterocycles. The van der Waals surface area contributed by atoms with Gasteiger partial charge in [0.2, 0.25) is 0 Å². The summed E-state index contributed by atoms with van der Waals surface area (Å²) in [5, 5.41) is 12.1. The van der Waals surface area contributed by atoms with Crippen molar-refractivity contribution in [2.45, 2.75) is 19.6 Å². The van der Waals surface area contributed by atoms with Crippen molar-refractivity contribution in [1.29, 1.82) is 0 Å². The van der Waals surface area contributed by atoms with Crippen LogP contribution in [0.4, 0.5) is 0 Å². The van der Waals surface area contributed by atoms with E-state index in [0.717, 1.165) is 27.6 Å². The van der Waals surface area contributed by atoms with Crippen LogP contribution < -0.4 is 4.74 Å². The van der Waals surface area contributed by atoms with Crippen molar-refractivity contribution in [2.75, 3.05) is 13.2 Å². The molecule has 0 radical (unpaired) electrons. The Morgan fingerprint density at radius 1 is 0.875 bits per heavy atom. The first-order valence-electron chi connectivity index (χ1n) is 8.20. The van der Waals surface area contributed by atoms with Gasteiger partial charge < -0.3 is 14.6 Å². The highest BCUT2D eigenvalue weighted by Gasteiger charge is 2.12. The Morgan fingerprint density at radius 3 is 2.42 bits per heavy atom. The molecule has 0 amide bonds. The molecule has 0 unspecified atom stereocenters.